The molecule has 0 amide bonds. The van der Waals surface area contributed by atoms with Crippen LogP contribution in [0.15, 0.2) is 24.3 Å². The van der Waals surface area contributed by atoms with Gasteiger partial charge in [-0.05, 0) is 36.8 Å². The van der Waals surface area contributed by atoms with Gasteiger partial charge >= 0.3 is 0 Å². The molecule has 2 heteroatoms. The molecule has 1 fully saturated rings. The number of nitrogens with two attached hydrogens (primary N) is 1. The van der Waals surface area contributed by atoms with Gasteiger partial charge in [0.15, 0.2) is 0 Å². The summed E-state index contributed by atoms with van der Waals surface area (Å²) in [7, 11) is 0. The summed E-state index contributed by atoms with van der Waals surface area (Å²) in [6.45, 7) is 2.32. The van der Waals surface area contributed by atoms with E-state index in [1.807, 2.05) is 18.2 Å². The van der Waals surface area contributed by atoms with E-state index in [0.717, 1.165) is 29.3 Å². The van der Waals surface area contributed by atoms with Gasteiger partial charge in [0.05, 0.1) is 0 Å². The van der Waals surface area contributed by atoms with Crippen molar-refractivity contribution in [2.45, 2.75) is 44.6 Å². The lowest BCUT2D eigenvalue weighted by molar-refractivity contribution is 0.378. The van der Waals surface area contributed by atoms with Gasteiger partial charge in [0, 0.05) is 10.6 Å². The first-order valence-electron chi connectivity index (χ1n) is 6.16. The van der Waals surface area contributed by atoms with Crippen LogP contribution in [-0.2, 0) is 5.54 Å². The van der Waals surface area contributed by atoms with Crippen LogP contribution in [0.5, 0.6) is 0 Å². The first-order chi connectivity index (χ1) is 7.62. The Labute approximate surface area is 103 Å². The lowest BCUT2D eigenvalue weighted by Crippen LogP contribution is -2.36. The lowest BCUT2D eigenvalue weighted by Gasteiger charge is -2.29. The molecule has 0 spiro atoms. The SMILES string of the molecule is CC1CCCC(N)(c2ccccc2Cl)CC1. The number of benzene rings is 1. The second-order valence-corrected chi connectivity index (χ2v) is 5.58. The normalized spacial score (nSPS) is 31.1. The Bertz CT molecular complexity index is 364. The topological polar surface area (TPSA) is 26.0 Å². The fraction of sp³-hybridized carbons (Fsp3) is 0.571. The van der Waals surface area contributed by atoms with Crippen molar-refractivity contribution in [3.8, 4) is 0 Å². The Morgan fingerprint density at radius 3 is 2.75 bits per heavy atom. The monoisotopic (exact) mass is 237 g/mol. The Kier molecular flexibility index (Phi) is 3.56. The molecule has 0 aromatic heterocycles. The average Bonchev–Trinajstić information content (AvgIpc) is 2.43. The minimum atomic E-state index is -0.205. The molecule has 0 radical (unpaired) electrons. The van der Waals surface area contributed by atoms with Crippen molar-refractivity contribution in [3.63, 3.8) is 0 Å². The van der Waals surface area contributed by atoms with Crippen LogP contribution in [0.1, 0.15) is 44.6 Å². The molecule has 0 bridgehead atoms. The van der Waals surface area contributed by atoms with Gasteiger partial charge in [-0.25, -0.2) is 0 Å². The minimum absolute atomic E-state index is 0.205. The van der Waals surface area contributed by atoms with Gasteiger partial charge in [0.2, 0.25) is 0 Å². The Balaban J connectivity index is 2.27. The molecule has 2 N–H and O–H groups in total. The van der Waals surface area contributed by atoms with E-state index in [-0.39, 0.29) is 5.54 Å². The molecule has 1 aromatic carbocycles. The zero-order valence-electron chi connectivity index (χ0n) is 9.88. The van der Waals surface area contributed by atoms with Crippen LogP contribution < -0.4 is 5.73 Å². The highest BCUT2D eigenvalue weighted by atomic mass is 35.5. The summed E-state index contributed by atoms with van der Waals surface area (Å²) < 4.78 is 0. The molecule has 2 atom stereocenters. The first-order valence-corrected chi connectivity index (χ1v) is 6.53. The predicted molar refractivity (Wildman–Crippen MR) is 69.6 cm³/mol. The fourth-order valence-corrected chi connectivity index (χ4v) is 3.00. The van der Waals surface area contributed by atoms with Crippen molar-refractivity contribution < 1.29 is 0 Å². The molecule has 1 aliphatic carbocycles. The molecule has 1 nitrogen and oxygen atoms in total. The van der Waals surface area contributed by atoms with E-state index >= 15 is 0 Å². The summed E-state index contributed by atoms with van der Waals surface area (Å²) in [5, 5.41) is 0.819. The van der Waals surface area contributed by atoms with E-state index in [2.05, 4.69) is 13.0 Å². The van der Waals surface area contributed by atoms with E-state index in [1.165, 1.54) is 19.3 Å². The molecule has 1 aromatic rings. The standard InChI is InChI=1S/C14H20ClN/c1-11-5-4-9-14(16,10-8-11)12-6-2-3-7-13(12)15/h2-3,6-7,11H,4-5,8-10,16H2,1H3. The molecule has 16 heavy (non-hydrogen) atoms. The summed E-state index contributed by atoms with van der Waals surface area (Å²) >= 11 is 6.26. The third-order valence-electron chi connectivity index (χ3n) is 3.81. The van der Waals surface area contributed by atoms with Crippen molar-refractivity contribution in [1.82, 2.24) is 0 Å². The molecule has 0 heterocycles. The van der Waals surface area contributed by atoms with Crippen LogP contribution in [-0.4, -0.2) is 0 Å². The van der Waals surface area contributed by atoms with Crippen LogP contribution in [0.3, 0.4) is 0 Å². The summed E-state index contributed by atoms with van der Waals surface area (Å²) in [5.74, 6) is 0.799. The smallest absolute Gasteiger partial charge is 0.0456 e. The van der Waals surface area contributed by atoms with E-state index in [9.17, 15) is 0 Å². The molecule has 0 saturated heterocycles. The quantitative estimate of drug-likeness (QED) is 0.732. The van der Waals surface area contributed by atoms with E-state index in [0.29, 0.717) is 0 Å². The molecule has 1 saturated carbocycles. The lowest BCUT2D eigenvalue weighted by atomic mass is 9.83. The molecule has 0 aliphatic heterocycles. The van der Waals surface area contributed by atoms with Gasteiger partial charge < -0.3 is 5.73 Å². The number of hydrogen-bond acceptors (Lipinski definition) is 1. The summed E-state index contributed by atoms with van der Waals surface area (Å²) in [6.07, 6.45) is 5.83. The van der Waals surface area contributed by atoms with Crippen LogP contribution >= 0.6 is 11.6 Å². The van der Waals surface area contributed by atoms with E-state index < -0.39 is 0 Å². The fourth-order valence-electron chi connectivity index (χ4n) is 2.67. The second-order valence-electron chi connectivity index (χ2n) is 5.17. The van der Waals surface area contributed by atoms with Crippen LogP contribution in [0.4, 0.5) is 0 Å². The molecular weight excluding hydrogens is 218 g/mol. The molecule has 2 rings (SSSR count). The van der Waals surface area contributed by atoms with Gasteiger partial charge in [-0.15, -0.1) is 0 Å². The summed E-state index contributed by atoms with van der Waals surface area (Å²) in [6, 6.07) is 8.02. The maximum atomic E-state index is 6.56. The molecule has 2 unspecified atom stereocenters. The molecule has 1 aliphatic rings. The molecule has 88 valence electrons. The van der Waals surface area contributed by atoms with Crippen LogP contribution in [0.25, 0.3) is 0 Å². The zero-order valence-corrected chi connectivity index (χ0v) is 10.6. The van der Waals surface area contributed by atoms with Crippen molar-refractivity contribution in [3.05, 3.63) is 34.9 Å². The Morgan fingerprint density at radius 1 is 1.25 bits per heavy atom. The molecular formula is C14H20ClN. The number of halogens is 1. The third-order valence-corrected chi connectivity index (χ3v) is 4.14. The largest absolute Gasteiger partial charge is 0.321 e. The maximum Gasteiger partial charge on any atom is 0.0456 e. The van der Waals surface area contributed by atoms with Gasteiger partial charge in [-0.3, -0.25) is 0 Å². The Hall–Kier alpha value is -0.530. The predicted octanol–water partition coefficient (Wildman–Crippen LogP) is 4.09. The van der Waals surface area contributed by atoms with E-state index in [4.69, 9.17) is 17.3 Å². The average molecular weight is 238 g/mol. The maximum absolute atomic E-state index is 6.56. The van der Waals surface area contributed by atoms with Crippen LogP contribution in [0.2, 0.25) is 5.02 Å². The van der Waals surface area contributed by atoms with E-state index in [1.54, 1.807) is 0 Å². The van der Waals surface area contributed by atoms with Gasteiger partial charge in [0.1, 0.15) is 0 Å². The van der Waals surface area contributed by atoms with Gasteiger partial charge in [0.25, 0.3) is 0 Å². The summed E-state index contributed by atoms with van der Waals surface area (Å²) in [4.78, 5) is 0. The highest BCUT2D eigenvalue weighted by Gasteiger charge is 2.31. The number of hydrogen-bond donors (Lipinski definition) is 1. The third kappa shape index (κ3) is 2.41. The minimum Gasteiger partial charge on any atom is -0.321 e. The van der Waals surface area contributed by atoms with Crippen LogP contribution in [0, 0.1) is 5.92 Å². The van der Waals surface area contributed by atoms with Crippen molar-refractivity contribution in [2.75, 3.05) is 0 Å². The Morgan fingerprint density at radius 2 is 2.00 bits per heavy atom. The van der Waals surface area contributed by atoms with Gasteiger partial charge in [-0.2, -0.15) is 0 Å². The second kappa shape index (κ2) is 4.77. The van der Waals surface area contributed by atoms with Crippen molar-refractivity contribution >= 4 is 11.6 Å². The zero-order chi connectivity index (χ0) is 11.6. The number of rotatable bonds is 1. The first kappa shape index (κ1) is 11.9. The van der Waals surface area contributed by atoms with Gasteiger partial charge in [-0.1, -0.05) is 49.6 Å². The van der Waals surface area contributed by atoms with Crippen molar-refractivity contribution in [2.24, 2.45) is 11.7 Å². The highest BCUT2D eigenvalue weighted by Crippen LogP contribution is 2.38. The summed E-state index contributed by atoms with van der Waals surface area (Å²) in [5.41, 5.74) is 7.48. The van der Waals surface area contributed by atoms with Crippen molar-refractivity contribution in [1.29, 1.82) is 0 Å². The highest BCUT2D eigenvalue weighted by molar-refractivity contribution is 6.31.